The number of nitrogens with zero attached hydrogens (tertiary/aromatic N) is 2. The van der Waals surface area contributed by atoms with Crippen molar-refractivity contribution in [2.24, 2.45) is 0 Å². The molecule has 0 saturated carbocycles. The van der Waals surface area contributed by atoms with Gasteiger partial charge < -0.3 is 35.7 Å². The molecule has 0 unspecified atom stereocenters. The van der Waals surface area contributed by atoms with Gasteiger partial charge in [-0.15, -0.1) is 0 Å². The molecule has 1 heterocycles. The Morgan fingerprint density at radius 1 is 0.810 bits per heavy atom. The van der Waals surface area contributed by atoms with E-state index in [1.165, 1.54) is 6.20 Å². The molecule has 0 aliphatic carbocycles. The van der Waals surface area contributed by atoms with E-state index in [0.29, 0.717) is 5.69 Å². The average Bonchev–Trinajstić information content (AvgIpc) is 2.52. The first-order valence-corrected chi connectivity index (χ1v) is 6.33. The fraction of sp³-hybridized carbons (Fsp3) is 0.667. The van der Waals surface area contributed by atoms with Crippen molar-refractivity contribution in [2.45, 2.75) is 36.9 Å². The summed E-state index contributed by atoms with van der Waals surface area (Å²) in [6.45, 7) is -1.30. The van der Waals surface area contributed by atoms with Crippen LogP contribution in [0.4, 0.5) is 0 Å². The molecule has 21 heavy (non-hydrogen) atoms. The predicted octanol–water partition coefficient (Wildman–Crippen LogP) is -3.52. The van der Waals surface area contributed by atoms with Crippen LogP contribution < -0.4 is 0 Å². The first-order chi connectivity index (χ1) is 9.90. The highest BCUT2D eigenvalue weighted by Crippen LogP contribution is 2.16. The Kier molecular flexibility index (Phi) is 7.05. The summed E-state index contributed by atoms with van der Waals surface area (Å²) in [6.07, 6.45) is -4.83. The first-order valence-electron chi connectivity index (χ1n) is 6.33. The van der Waals surface area contributed by atoms with Gasteiger partial charge in [0.05, 0.1) is 36.9 Å². The zero-order chi connectivity index (χ0) is 16.0. The molecule has 120 valence electrons. The fourth-order valence-corrected chi connectivity index (χ4v) is 1.59. The van der Waals surface area contributed by atoms with Crippen LogP contribution in [-0.2, 0) is 6.42 Å². The molecule has 9 heteroatoms. The number of aliphatic hydroxyl groups is 7. The Bertz CT molecular complexity index is 417. The van der Waals surface area contributed by atoms with Crippen LogP contribution in [0.2, 0.25) is 0 Å². The van der Waals surface area contributed by atoms with Crippen LogP contribution in [0.5, 0.6) is 0 Å². The standard InChI is InChI=1S/C12H20N2O7/c15-4-9(18)8(17)1-6-2-14-7(3-13-6)11(20)12(21)10(19)5-16/h2-3,8-12,15-21H,1,4-5H2/t8-,9-,10-,11-,12+/m1/s1. The zero-order valence-electron chi connectivity index (χ0n) is 11.2. The molecule has 0 bridgehead atoms. The summed E-state index contributed by atoms with van der Waals surface area (Å²) < 4.78 is 0. The predicted molar refractivity (Wildman–Crippen MR) is 68.9 cm³/mol. The topological polar surface area (TPSA) is 167 Å². The van der Waals surface area contributed by atoms with E-state index in [2.05, 4.69) is 9.97 Å². The van der Waals surface area contributed by atoms with Gasteiger partial charge in [-0.3, -0.25) is 9.97 Å². The fourth-order valence-electron chi connectivity index (χ4n) is 1.59. The molecule has 1 aromatic rings. The van der Waals surface area contributed by atoms with Gasteiger partial charge in [0.25, 0.3) is 0 Å². The molecule has 0 fully saturated rings. The molecule has 7 N–H and O–H groups in total. The Morgan fingerprint density at radius 3 is 1.90 bits per heavy atom. The molecule has 0 aliphatic heterocycles. The highest BCUT2D eigenvalue weighted by molar-refractivity contribution is 5.08. The van der Waals surface area contributed by atoms with Crippen LogP contribution in [0.15, 0.2) is 12.4 Å². The van der Waals surface area contributed by atoms with E-state index < -0.39 is 43.7 Å². The summed E-state index contributed by atoms with van der Waals surface area (Å²) in [6, 6.07) is 0. The maximum atomic E-state index is 9.74. The molecule has 0 aliphatic rings. The van der Waals surface area contributed by atoms with Gasteiger partial charge >= 0.3 is 0 Å². The molecule has 5 atom stereocenters. The third-order valence-electron chi connectivity index (χ3n) is 2.98. The number of hydrogen-bond acceptors (Lipinski definition) is 9. The van der Waals surface area contributed by atoms with Crippen LogP contribution in [-0.4, -0.2) is 83.3 Å². The molecule has 1 rings (SSSR count). The second-order valence-corrected chi connectivity index (χ2v) is 4.64. The lowest BCUT2D eigenvalue weighted by molar-refractivity contribution is -0.0790. The molecule has 0 spiro atoms. The van der Waals surface area contributed by atoms with Crippen molar-refractivity contribution >= 4 is 0 Å². The highest BCUT2D eigenvalue weighted by atomic mass is 16.4. The van der Waals surface area contributed by atoms with Gasteiger partial charge in [0.1, 0.15) is 24.4 Å². The molecular weight excluding hydrogens is 284 g/mol. The summed E-state index contributed by atoms with van der Waals surface area (Å²) >= 11 is 0. The molecule has 0 amide bonds. The number of aliphatic hydroxyl groups excluding tert-OH is 7. The lowest BCUT2D eigenvalue weighted by Crippen LogP contribution is -2.35. The molecule has 1 aromatic heterocycles. The average molecular weight is 304 g/mol. The summed E-state index contributed by atoms with van der Waals surface area (Å²) in [7, 11) is 0. The van der Waals surface area contributed by atoms with Gasteiger partial charge in [-0.25, -0.2) is 0 Å². The van der Waals surface area contributed by atoms with Crippen LogP contribution in [0, 0.1) is 0 Å². The minimum Gasteiger partial charge on any atom is -0.394 e. The van der Waals surface area contributed by atoms with E-state index in [9.17, 15) is 25.5 Å². The Hall–Kier alpha value is -1.20. The van der Waals surface area contributed by atoms with Gasteiger partial charge in [0.2, 0.25) is 0 Å². The van der Waals surface area contributed by atoms with Gasteiger partial charge in [-0.1, -0.05) is 0 Å². The summed E-state index contributed by atoms with van der Waals surface area (Å²) in [5.74, 6) is 0. The Balaban J connectivity index is 2.69. The first kappa shape index (κ1) is 17.9. The summed E-state index contributed by atoms with van der Waals surface area (Å²) in [4.78, 5) is 7.73. The smallest absolute Gasteiger partial charge is 0.126 e. The van der Waals surface area contributed by atoms with Crippen LogP contribution in [0.3, 0.4) is 0 Å². The monoisotopic (exact) mass is 304 g/mol. The van der Waals surface area contributed by atoms with E-state index in [0.717, 1.165) is 6.20 Å². The second kappa shape index (κ2) is 8.29. The van der Waals surface area contributed by atoms with E-state index >= 15 is 0 Å². The van der Waals surface area contributed by atoms with Crippen molar-refractivity contribution < 1.29 is 35.7 Å². The molecule has 0 aromatic carbocycles. The zero-order valence-corrected chi connectivity index (χ0v) is 11.2. The largest absolute Gasteiger partial charge is 0.394 e. The van der Waals surface area contributed by atoms with Crippen molar-refractivity contribution in [3.05, 3.63) is 23.8 Å². The molecule has 9 nitrogen and oxygen atoms in total. The minimum atomic E-state index is -1.61. The van der Waals surface area contributed by atoms with Crippen LogP contribution in [0.1, 0.15) is 17.5 Å². The van der Waals surface area contributed by atoms with Crippen molar-refractivity contribution in [1.82, 2.24) is 9.97 Å². The van der Waals surface area contributed by atoms with Crippen LogP contribution in [0.25, 0.3) is 0 Å². The van der Waals surface area contributed by atoms with Crippen molar-refractivity contribution in [3.63, 3.8) is 0 Å². The lowest BCUT2D eigenvalue weighted by Gasteiger charge is -2.21. The number of rotatable bonds is 8. The Morgan fingerprint density at radius 2 is 1.43 bits per heavy atom. The number of aromatic nitrogens is 2. The maximum Gasteiger partial charge on any atom is 0.126 e. The molecule has 0 radical (unpaired) electrons. The van der Waals surface area contributed by atoms with Gasteiger partial charge in [0.15, 0.2) is 0 Å². The van der Waals surface area contributed by atoms with Crippen molar-refractivity contribution in [1.29, 1.82) is 0 Å². The third-order valence-corrected chi connectivity index (χ3v) is 2.98. The Labute approximate surface area is 120 Å². The number of hydrogen-bond donors (Lipinski definition) is 7. The van der Waals surface area contributed by atoms with Gasteiger partial charge in [0, 0.05) is 12.6 Å². The molecular formula is C12H20N2O7. The van der Waals surface area contributed by atoms with E-state index in [1.54, 1.807) is 0 Å². The lowest BCUT2D eigenvalue weighted by atomic mass is 10.1. The summed E-state index contributed by atoms with van der Waals surface area (Å²) in [5.41, 5.74) is 0.291. The van der Waals surface area contributed by atoms with E-state index in [-0.39, 0.29) is 12.1 Å². The highest BCUT2D eigenvalue weighted by Gasteiger charge is 2.26. The summed E-state index contributed by atoms with van der Waals surface area (Å²) in [5, 5.41) is 64.6. The normalized spacial score (nSPS) is 18.8. The SMILES string of the molecule is OC[C@@H](O)[C@H](O)[C@H](O)c1cnc(C[C@@H](O)[C@H](O)CO)cn1. The van der Waals surface area contributed by atoms with Gasteiger partial charge in [-0.2, -0.15) is 0 Å². The minimum absolute atomic E-state index is 0.0176. The third kappa shape index (κ3) is 4.93. The maximum absolute atomic E-state index is 9.74. The second-order valence-electron chi connectivity index (χ2n) is 4.64. The molecule has 0 saturated heterocycles. The van der Waals surface area contributed by atoms with Crippen LogP contribution >= 0.6 is 0 Å². The quantitative estimate of drug-likeness (QED) is 0.257. The van der Waals surface area contributed by atoms with E-state index in [4.69, 9.17) is 10.2 Å². The van der Waals surface area contributed by atoms with Gasteiger partial charge in [-0.05, 0) is 0 Å². The van der Waals surface area contributed by atoms with Crippen molar-refractivity contribution in [3.8, 4) is 0 Å². The van der Waals surface area contributed by atoms with Crippen molar-refractivity contribution in [2.75, 3.05) is 13.2 Å². The van der Waals surface area contributed by atoms with E-state index in [1.807, 2.05) is 0 Å².